The van der Waals surface area contributed by atoms with Crippen molar-refractivity contribution in [3.63, 3.8) is 0 Å². The van der Waals surface area contributed by atoms with Crippen LogP contribution in [0.1, 0.15) is 22.7 Å². The van der Waals surface area contributed by atoms with E-state index in [1.807, 2.05) is 11.8 Å². The minimum absolute atomic E-state index is 0.239. The van der Waals surface area contributed by atoms with Crippen molar-refractivity contribution in [2.75, 3.05) is 11.1 Å². The van der Waals surface area contributed by atoms with E-state index in [1.54, 1.807) is 22.7 Å². The van der Waals surface area contributed by atoms with Crippen LogP contribution in [0.3, 0.4) is 0 Å². The zero-order valence-electron chi connectivity index (χ0n) is 11.8. The zero-order valence-corrected chi connectivity index (χ0v) is 14.2. The van der Waals surface area contributed by atoms with Crippen molar-refractivity contribution in [3.05, 3.63) is 69.0 Å². The van der Waals surface area contributed by atoms with Gasteiger partial charge in [-0.25, -0.2) is 0 Å². The molecule has 21 heavy (non-hydrogen) atoms. The predicted molar refractivity (Wildman–Crippen MR) is 96.9 cm³/mol. The van der Waals surface area contributed by atoms with Gasteiger partial charge in [-0.3, -0.25) is 0 Å². The Balaban J connectivity index is 1.92. The van der Waals surface area contributed by atoms with E-state index in [0.29, 0.717) is 0 Å². The van der Waals surface area contributed by atoms with E-state index in [9.17, 15) is 0 Å². The minimum Gasteiger partial charge on any atom is -0.372 e. The number of hydrogen-bond acceptors (Lipinski definition) is 4. The molecule has 3 rings (SSSR count). The maximum Gasteiger partial charge on any atom is 0.0953 e. The highest BCUT2D eigenvalue weighted by atomic mass is 32.2. The fraction of sp³-hybridized carbons (Fsp3) is 0.176. The second-order valence-electron chi connectivity index (χ2n) is 4.54. The molecule has 0 aliphatic carbocycles. The average molecular weight is 332 g/mol. The molecule has 4 heteroatoms. The monoisotopic (exact) mass is 331 g/mol. The van der Waals surface area contributed by atoms with Crippen LogP contribution >= 0.6 is 34.4 Å². The van der Waals surface area contributed by atoms with Crippen LogP contribution in [0.5, 0.6) is 0 Å². The van der Waals surface area contributed by atoms with Crippen molar-refractivity contribution in [2.45, 2.75) is 17.9 Å². The lowest BCUT2D eigenvalue weighted by molar-refractivity contribution is 0.984. The number of nitrogens with one attached hydrogen (secondary N) is 1. The summed E-state index contributed by atoms with van der Waals surface area (Å²) in [7, 11) is 0. The van der Waals surface area contributed by atoms with Gasteiger partial charge in [0, 0.05) is 20.3 Å². The van der Waals surface area contributed by atoms with Crippen LogP contribution < -0.4 is 5.32 Å². The summed E-state index contributed by atoms with van der Waals surface area (Å²) >= 11 is 5.49. The quantitative estimate of drug-likeness (QED) is 0.546. The highest BCUT2D eigenvalue weighted by Gasteiger charge is 2.17. The van der Waals surface area contributed by atoms with Crippen LogP contribution in [0.2, 0.25) is 0 Å². The molecule has 1 nitrogen and oxygen atoms in total. The third kappa shape index (κ3) is 3.51. The number of benzene rings is 1. The molecule has 0 amide bonds. The molecule has 0 fully saturated rings. The first kappa shape index (κ1) is 14.7. The fourth-order valence-corrected chi connectivity index (χ4v) is 4.65. The summed E-state index contributed by atoms with van der Waals surface area (Å²) in [6.45, 7) is 2.19. The minimum atomic E-state index is 0.239. The van der Waals surface area contributed by atoms with Crippen molar-refractivity contribution < 1.29 is 0 Å². The highest BCUT2D eigenvalue weighted by Crippen LogP contribution is 2.35. The molecule has 108 valence electrons. The summed E-state index contributed by atoms with van der Waals surface area (Å²) in [5, 5.41) is 8.02. The molecule has 0 radical (unpaired) electrons. The second kappa shape index (κ2) is 7.16. The molecule has 0 unspecified atom stereocenters. The molecule has 0 bridgehead atoms. The first-order valence-corrected chi connectivity index (χ1v) is 9.68. The Morgan fingerprint density at radius 2 is 1.62 bits per heavy atom. The molecular weight excluding hydrogens is 314 g/mol. The van der Waals surface area contributed by atoms with Gasteiger partial charge in [-0.2, -0.15) is 0 Å². The maximum absolute atomic E-state index is 3.74. The molecule has 0 saturated heterocycles. The number of thioether (sulfide) groups is 1. The van der Waals surface area contributed by atoms with Crippen LogP contribution in [-0.4, -0.2) is 5.75 Å². The summed E-state index contributed by atoms with van der Waals surface area (Å²) in [6.07, 6.45) is 0. The summed E-state index contributed by atoms with van der Waals surface area (Å²) < 4.78 is 0. The molecule has 0 atom stereocenters. The van der Waals surface area contributed by atoms with E-state index in [4.69, 9.17) is 0 Å². The number of para-hydroxylation sites is 1. The lowest BCUT2D eigenvalue weighted by atomic mass is 10.2. The van der Waals surface area contributed by atoms with Gasteiger partial charge < -0.3 is 5.32 Å². The molecule has 0 saturated carbocycles. The van der Waals surface area contributed by atoms with Gasteiger partial charge in [-0.15, -0.1) is 34.4 Å². The fourth-order valence-electron chi connectivity index (χ4n) is 2.22. The predicted octanol–water partition coefficient (Wildman–Crippen LogP) is 6.12. The molecule has 2 aromatic heterocycles. The van der Waals surface area contributed by atoms with Gasteiger partial charge in [-0.1, -0.05) is 31.2 Å². The van der Waals surface area contributed by atoms with Crippen LogP contribution in [0.4, 0.5) is 5.69 Å². The molecule has 0 aliphatic heterocycles. The van der Waals surface area contributed by atoms with E-state index in [1.165, 1.54) is 20.3 Å². The third-order valence-electron chi connectivity index (χ3n) is 3.14. The lowest BCUT2D eigenvalue weighted by Gasteiger charge is -2.19. The lowest BCUT2D eigenvalue weighted by Crippen LogP contribution is -2.10. The number of anilines is 1. The molecule has 0 aliphatic rings. The SMILES string of the molecule is CCSc1ccccc1NC(c1cccs1)c1cccs1. The number of hydrogen-bond donors (Lipinski definition) is 1. The number of rotatable bonds is 6. The number of thiophene rings is 2. The van der Waals surface area contributed by atoms with E-state index in [-0.39, 0.29) is 6.04 Å². The van der Waals surface area contributed by atoms with Crippen LogP contribution in [0.25, 0.3) is 0 Å². The van der Waals surface area contributed by atoms with E-state index < -0.39 is 0 Å². The topological polar surface area (TPSA) is 12.0 Å². The van der Waals surface area contributed by atoms with Gasteiger partial charge >= 0.3 is 0 Å². The molecule has 3 aromatic rings. The van der Waals surface area contributed by atoms with E-state index in [2.05, 4.69) is 71.5 Å². The van der Waals surface area contributed by atoms with Crippen LogP contribution in [-0.2, 0) is 0 Å². The first-order chi connectivity index (χ1) is 10.4. The first-order valence-electron chi connectivity index (χ1n) is 6.93. The van der Waals surface area contributed by atoms with E-state index in [0.717, 1.165) is 5.75 Å². The van der Waals surface area contributed by atoms with Gasteiger partial charge in [-0.05, 0) is 40.8 Å². The molecular formula is C17H17NS3. The normalized spacial score (nSPS) is 11.0. The van der Waals surface area contributed by atoms with Crippen LogP contribution in [0, 0.1) is 0 Å². The molecule has 1 N–H and O–H groups in total. The van der Waals surface area contributed by atoms with Crippen molar-refractivity contribution in [2.24, 2.45) is 0 Å². The highest BCUT2D eigenvalue weighted by molar-refractivity contribution is 7.99. The standard InChI is InChI=1S/C17H17NS3/c1-2-19-14-8-4-3-7-13(14)18-17(15-9-5-11-20-15)16-10-6-12-21-16/h3-12,17-18H,2H2,1H3. The second-order valence-corrected chi connectivity index (χ2v) is 7.80. The molecule has 0 spiro atoms. The zero-order chi connectivity index (χ0) is 14.5. The molecule has 1 aromatic carbocycles. The smallest absolute Gasteiger partial charge is 0.0953 e. The maximum atomic E-state index is 3.74. The van der Waals surface area contributed by atoms with Gasteiger partial charge in [0.2, 0.25) is 0 Å². The molecule has 2 heterocycles. The summed E-state index contributed by atoms with van der Waals surface area (Å²) in [5.41, 5.74) is 1.22. The summed E-state index contributed by atoms with van der Waals surface area (Å²) in [5.74, 6) is 1.08. The Labute approximate surface area is 138 Å². The Morgan fingerprint density at radius 1 is 0.952 bits per heavy atom. The third-order valence-corrected chi connectivity index (χ3v) is 5.97. The van der Waals surface area contributed by atoms with Crippen molar-refractivity contribution in [1.29, 1.82) is 0 Å². The largest absolute Gasteiger partial charge is 0.372 e. The summed E-state index contributed by atoms with van der Waals surface area (Å²) in [6, 6.07) is 17.5. The Bertz CT molecular complexity index is 625. The van der Waals surface area contributed by atoms with Crippen molar-refractivity contribution in [1.82, 2.24) is 0 Å². The van der Waals surface area contributed by atoms with Gasteiger partial charge in [0.05, 0.1) is 6.04 Å². The van der Waals surface area contributed by atoms with Crippen molar-refractivity contribution >= 4 is 40.1 Å². The Hall–Kier alpha value is -1.23. The van der Waals surface area contributed by atoms with Gasteiger partial charge in [0.1, 0.15) is 0 Å². The Morgan fingerprint density at radius 3 is 2.19 bits per heavy atom. The van der Waals surface area contributed by atoms with Crippen LogP contribution in [0.15, 0.2) is 64.2 Å². The summed E-state index contributed by atoms with van der Waals surface area (Å²) in [4.78, 5) is 4.03. The Kier molecular flexibility index (Phi) is 5.01. The van der Waals surface area contributed by atoms with Crippen molar-refractivity contribution in [3.8, 4) is 0 Å². The van der Waals surface area contributed by atoms with E-state index >= 15 is 0 Å². The van der Waals surface area contributed by atoms with Gasteiger partial charge in [0.25, 0.3) is 0 Å². The van der Waals surface area contributed by atoms with Gasteiger partial charge in [0.15, 0.2) is 0 Å². The average Bonchev–Trinajstić information content (AvgIpc) is 3.20.